The molecule has 1 aliphatic carbocycles. The van der Waals surface area contributed by atoms with Crippen LogP contribution in [-0.4, -0.2) is 28.3 Å². The molecule has 0 bridgehead atoms. The molecule has 20 heavy (non-hydrogen) atoms. The minimum absolute atomic E-state index is 0.0102. The maximum atomic E-state index is 12.0. The summed E-state index contributed by atoms with van der Waals surface area (Å²) in [4.78, 5) is 34.7. The highest BCUT2D eigenvalue weighted by Gasteiger charge is 2.37. The molecule has 6 heteroatoms. The number of ketones is 1. The second kappa shape index (κ2) is 7.99. The van der Waals surface area contributed by atoms with Gasteiger partial charge < -0.3 is 5.32 Å². The van der Waals surface area contributed by atoms with E-state index in [1.807, 2.05) is 0 Å². The van der Waals surface area contributed by atoms with E-state index in [-0.39, 0.29) is 18.1 Å². The average Bonchev–Trinajstić information content (AvgIpc) is 2.42. The summed E-state index contributed by atoms with van der Waals surface area (Å²) in [7, 11) is 0. The first-order valence-corrected chi connectivity index (χ1v) is 7.27. The molecule has 1 saturated carbocycles. The van der Waals surface area contributed by atoms with Crippen LogP contribution in [0.2, 0.25) is 0 Å². The van der Waals surface area contributed by atoms with E-state index >= 15 is 0 Å². The lowest BCUT2D eigenvalue weighted by molar-refractivity contribution is -0.134. The van der Waals surface area contributed by atoms with Crippen molar-refractivity contribution in [2.24, 2.45) is 0 Å². The highest BCUT2D eigenvalue weighted by molar-refractivity contribution is 5.83. The fourth-order valence-corrected chi connectivity index (χ4v) is 2.59. The van der Waals surface area contributed by atoms with Gasteiger partial charge >= 0.3 is 0 Å². The normalized spacial score (nSPS) is 17.6. The molecule has 0 aliphatic heterocycles. The fourth-order valence-electron chi connectivity index (χ4n) is 2.59. The first-order chi connectivity index (χ1) is 9.51. The number of hydrogen-bond donors (Lipinski definition) is 3. The summed E-state index contributed by atoms with van der Waals surface area (Å²) < 4.78 is 0. The molecule has 0 atom stereocenters. The SMILES string of the molecule is CCCCCC(=O)NC1(CC(=O)NO)CCC(=O)CC1. The zero-order valence-corrected chi connectivity index (χ0v) is 12.0. The molecule has 0 aromatic rings. The smallest absolute Gasteiger partial charge is 0.245 e. The predicted molar refractivity (Wildman–Crippen MR) is 73.0 cm³/mol. The lowest BCUT2D eigenvalue weighted by Gasteiger charge is -2.37. The van der Waals surface area contributed by atoms with Gasteiger partial charge in [-0.3, -0.25) is 19.6 Å². The largest absolute Gasteiger partial charge is 0.350 e. The third-order valence-electron chi connectivity index (χ3n) is 3.80. The van der Waals surface area contributed by atoms with Gasteiger partial charge in [0.25, 0.3) is 0 Å². The van der Waals surface area contributed by atoms with Crippen LogP contribution in [0.15, 0.2) is 0 Å². The molecule has 1 fully saturated rings. The van der Waals surface area contributed by atoms with E-state index in [9.17, 15) is 14.4 Å². The summed E-state index contributed by atoms with van der Waals surface area (Å²) in [6.45, 7) is 2.07. The zero-order valence-electron chi connectivity index (χ0n) is 12.0. The van der Waals surface area contributed by atoms with Gasteiger partial charge in [-0.1, -0.05) is 19.8 Å². The van der Waals surface area contributed by atoms with Crippen LogP contribution >= 0.6 is 0 Å². The molecule has 2 amide bonds. The Morgan fingerprint density at radius 2 is 1.85 bits per heavy atom. The maximum Gasteiger partial charge on any atom is 0.245 e. The number of rotatable bonds is 7. The molecule has 0 spiro atoms. The summed E-state index contributed by atoms with van der Waals surface area (Å²) in [5.41, 5.74) is 0.908. The summed E-state index contributed by atoms with van der Waals surface area (Å²) in [6, 6.07) is 0. The van der Waals surface area contributed by atoms with Crippen LogP contribution in [0.25, 0.3) is 0 Å². The molecule has 0 radical (unpaired) electrons. The third-order valence-corrected chi connectivity index (χ3v) is 3.80. The molecule has 114 valence electrons. The van der Waals surface area contributed by atoms with E-state index in [1.54, 1.807) is 5.48 Å². The van der Waals surface area contributed by atoms with Gasteiger partial charge in [0.05, 0.1) is 6.42 Å². The van der Waals surface area contributed by atoms with E-state index in [1.165, 1.54) is 0 Å². The van der Waals surface area contributed by atoms with Crippen molar-refractivity contribution >= 4 is 17.6 Å². The average molecular weight is 284 g/mol. The highest BCUT2D eigenvalue weighted by Crippen LogP contribution is 2.29. The topological polar surface area (TPSA) is 95.5 Å². The van der Waals surface area contributed by atoms with Crippen LogP contribution in [0.5, 0.6) is 0 Å². The van der Waals surface area contributed by atoms with Gasteiger partial charge in [0.1, 0.15) is 5.78 Å². The van der Waals surface area contributed by atoms with Gasteiger partial charge in [0, 0.05) is 24.8 Å². The van der Waals surface area contributed by atoms with Crippen molar-refractivity contribution < 1.29 is 19.6 Å². The Kier molecular flexibility index (Phi) is 6.64. The van der Waals surface area contributed by atoms with Gasteiger partial charge in [0.15, 0.2) is 0 Å². The van der Waals surface area contributed by atoms with Crippen molar-refractivity contribution in [3.8, 4) is 0 Å². The van der Waals surface area contributed by atoms with E-state index in [2.05, 4.69) is 12.2 Å². The minimum atomic E-state index is -0.690. The lowest BCUT2D eigenvalue weighted by atomic mass is 9.78. The first kappa shape index (κ1) is 16.6. The maximum absolute atomic E-state index is 12.0. The molecular weight excluding hydrogens is 260 g/mol. The molecule has 1 rings (SSSR count). The summed E-state index contributed by atoms with van der Waals surface area (Å²) in [5.74, 6) is -0.461. The number of carbonyl (C=O) groups excluding carboxylic acids is 3. The van der Waals surface area contributed by atoms with Gasteiger partial charge in [-0.25, -0.2) is 5.48 Å². The number of nitrogens with one attached hydrogen (secondary N) is 2. The number of hydroxylamine groups is 1. The van der Waals surface area contributed by atoms with Gasteiger partial charge in [-0.15, -0.1) is 0 Å². The molecule has 1 aliphatic rings. The lowest BCUT2D eigenvalue weighted by Crippen LogP contribution is -2.53. The van der Waals surface area contributed by atoms with E-state index in [0.717, 1.165) is 19.3 Å². The Balaban J connectivity index is 2.60. The van der Waals surface area contributed by atoms with E-state index < -0.39 is 11.4 Å². The Labute approximate surface area is 119 Å². The van der Waals surface area contributed by atoms with Crippen molar-refractivity contribution in [2.75, 3.05) is 0 Å². The van der Waals surface area contributed by atoms with Crippen LogP contribution in [-0.2, 0) is 14.4 Å². The number of carbonyl (C=O) groups is 3. The predicted octanol–water partition coefficient (Wildman–Crippen LogP) is 1.46. The first-order valence-electron chi connectivity index (χ1n) is 7.27. The summed E-state index contributed by atoms with van der Waals surface area (Å²) in [5, 5.41) is 11.6. The van der Waals surface area contributed by atoms with Crippen LogP contribution < -0.4 is 10.8 Å². The Morgan fingerprint density at radius 3 is 2.40 bits per heavy atom. The van der Waals surface area contributed by atoms with E-state index in [4.69, 9.17) is 5.21 Å². The standard InChI is InChI=1S/C14H24N2O4/c1-2-3-4-5-12(18)15-14(10-13(19)16-20)8-6-11(17)7-9-14/h20H,2-10H2,1H3,(H,15,18)(H,16,19). The van der Waals surface area contributed by atoms with Crippen molar-refractivity contribution in [2.45, 2.75) is 70.3 Å². The number of unbranched alkanes of at least 4 members (excludes halogenated alkanes) is 2. The quantitative estimate of drug-likeness (QED) is 0.374. The molecule has 0 aromatic heterocycles. The van der Waals surface area contributed by atoms with E-state index in [0.29, 0.717) is 32.1 Å². The van der Waals surface area contributed by atoms with Crippen LogP contribution in [0.3, 0.4) is 0 Å². The molecule has 0 heterocycles. The van der Waals surface area contributed by atoms with Crippen molar-refractivity contribution in [1.82, 2.24) is 10.8 Å². The molecule has 0 aromatic carbocycles. The van der Waals surface area contributed by atoms with Crippen molar-refractivity contribution in [3.05, 3.63) is 0 Å². The molecule has 3 N–H and O–H groups in total. The monoisotopic (exact) mass is 284 g/mol. The van der Waals surface area contributed by atoms with Gasteiger partial charge in [0.2, 0.25) is 11.8 Å². The van der Waals surface area contributed by atoms with Gasteiger partial charge in [-0.2, -0.15) is 0 Å². The number of amides is 2. The van der Waals surface area contributed by atoms with Gasteiger partial charge in [-0.05, 0) is 19.3 Å². The number of Topliss-reactive ketones (excluding diaryl/α,β-unsaturated/α-hetero) is 1. The zero-order chi connectivity index (χ0) is 15.0. The second-order valence-electron chi connectivity index (χ2n) is 5.54. The Morgan fingerprint density at radius 1 is 1.20 bits per heavy atom. The Bertz CT molecular complexity index is 358. The van der Waals surface area contributed by atoms with Crippen molar-refractivity contribution in [1.29, 1.82) is 0 Å². The molecular formula is C14H24N2O4. The van der Waals surface area contributed by atoms with Crippen LogP contribution in [0, 0.1) is 0 Å². The second-order valence-corrected chi connectivity index (χ2v) is 5.54. The third kappa shape index (κ3) is 5.28. The molecule has 0 saturated heterocycles. The molecule has 6 nitrogen and oxygen atoms in total. The van der Waals surface area contributed by atoms with Crippen molar-refractivity contribution in [3.63, 3.8) is 0 Å². The van der Waals surface area contributed by atoms with Crippen LogP contribution in [0.1, 0.15) is 64.7 Å². The summed E-state index contributed by atoms with van der Waals surface area (Å²) in [6.07, 6.45) is 4.96. The molecule has 0 unspecified atom stereocenters. The minimum Gasteiger partial charge on any atom is -0.350 e. The fraction of sp³-hybridized carbons (Fsp3) is 0.786. The highest BCUT2D eigenvalue weighted by atomic mass is 16.5. The number of hydrogen-bond acceptors (Lipinski definition) is 4. The summed E-state index contributed by atoms with van der Waals surface area (Å²) >= 11 is 0. The van der Waals surface area contributed by atoms with Crippen LogP contribution in [0.4, 0.5) is 0 Å². The Hall–Kier alpha value is -1.43.